The van der Waals surface area contributed by atoms with Gasteiger partial charge >= 0.3 is 0 Å². The van der Waals surface area contributed by atoms with E-state index in [1.54, 1.807) is 6.20 Å². The van der Waals surface area contributed by atoms with Gasteiger partial charge < -0.3 is 10.2 Å². The summed E-state index contributed by atoms with van der Waals surface area (Å²) in [4.78, 5) is 6.96. The Bertz CT molecular complexity index is 777. The molecule has 4 rings (SSSR count). The van der Waals surface area contributed by atoms with Crippen LogP contribution in [0.1, 0.15) is 18.4 Å². The van der Waals surface area contributed by atoms with Crippen LogP contribution in [0.4, 0.5) is 5.69 Å². The number of hydrogen-bond donors (Lipinski definition) is 1. The molecule has 0 atom stereocenters. The Hall–Kier alpha value is -2.66. The molecule has 0 unspecified atom stereocenters. The molecular weight excluding hydrogens is 310 g/mol. The SMILES string of the molecule is c1ccc(N2CCC(NCc3cccnc3-n3cccn3)CC2)cc1. The van der Waals surface area contributed by atoms with Crippen molar-refractivity contribution < 1.29 is 0 Å². The lowest BCUT2D eigenvalue weighted by atomic mass is 10.0. The van der Waals surface area contributed by atoms with Crippen molar-refractivity contribution >= 4 is 5.69 Å². The largest absolute Gasteiger partial charge is 0.371 e. The Kier molecular flexibility index (Phi) is 4.74. The topological polar surface area (TPSA) is 46.0 Å². The predicted molar refractivity (Wildman–Crippen MR) is 99.9 cm³/mol. The number of aromatic nitrogens is 3. The quantitative estimate of drug-likeness (QED) is 0.780. The van der Waals surface area contributed by atoms with Crippen molar-refractivity contribution in [1.29, 1.82) is 0 Å². The van der Waals surface area contributed by atoms with Crippen LogP contribution in [0.15, 0.2) is 67.1 Å². The average molecular weight is 333 g/mol. The van der Waals surface area contributed by atoms with E-state index in [0.29, 0.717) is 6.04 Å². The van der Waals surface area contributed by atoms with Crippen molar-refractivity contribution in [2.75, 3.05) is 18.0 Å². The van der Waals surface area contributed by atoms with Crippen LogP contribution >= 0.6 is 0 Å². The molecule has 0 saturated carbocycles. The van der Waals surface area contributed by atoms with Crippen molar-refractivity contribution in [3.8, 4) is 5.82 Å². The van der Waals surface area contributed by atoms with Crippen LogP contribution in [0.2, 0.25) is 0 Å². The molecule has 1 aromatic carbocycles. The van der Waals surface area contributed by atoms with Gasteiger partial charge in [-0.15, -0.1) is 0 Å². The van der Waals surface area contributed by atoms with Gasteiger partial charge in [0.2, 0.25) is 0 Å². The van der Waals surface area contributed by atoms with E-state index < -0.39 is 0 Å². The minimum atomic E-state index is 0.547. The number of pyridine rings is 1. The van der Waals surface area contributed by atoms with Gasteiger partial charge in [0.05, 0.1) is 0 Å². The summed E-state index contributed by atoms with van der Waals surface area (Å²) >= 11 is 0. The van der Waals surface area contributed by atoms with E-state index in [4.69, 9.17) is 0 Å². The molecule has 25 heavy (non-hydrogen) atoms. The highest BCUT2D eigenvalue weighted by atomic mass is 15.3. The molecule has 0 aliphatic carbocycles. The summed E-state index contributed by atoms with van der Waals surface area (Å²) in [7, 11) is 0. The third-order valence-corrected chi connectivity index (χ3v) is 4.79. The van der Waals surface area contributed by atoms with Gasteiger partial charge in [0.25, 0.3) is 0 Å². The monoisotopic (exact) mass is 333 g/mol. The molecule has 3 aromatic rings. The zero-order valence-corrected chi connectivity index (χ0v) is 14.3. The molecule has 2 aromatic heterocycles. The number of nitrogens with zero attached hydrogens (tertiary/aromatic N) is 4. The molecule has 0 spiro atoms. The van der Waals surface area contributed by atoms with Crippen LogP contribution in [0.3, 0.4) is 0 Å². The van der Waals surface area contributed by atoms with Crippen molar-refractivity contribution in [3.05, 3.63) is 72.7 Å². The van der Waals surface area contributed by atoms with Crippen molar-refractivity contribution in [3.63, 3.8) is 0 Å². The second-order valence-electron chi connectivity index (χ2n) is 6.41. The summed E-state index contributed by atoms with van der Waals surface area (Å²) in [6.45, 7) is 3.01. The first-order chi connectivity index (χ1) is 12.4. The highest BCUT2D eigenvalue weighted by Gasteiger charge is 2.19. The number of hydrogen-bond acceptors (Lipinski definition) is 4. The maximum Gasteiger partial charge on any atom is 0.157 e. The third-order valence-electron chi connectivity index (χ3n) is 4.79. The van der Waals surface area contributed by atoms with Crippen LogP contribution in [-0.2, 0) is 6.54 Å². The number of benzene rings is 1. The predicted octanol–water partition coefficient (Wildman–Crippen LogP) is 3.03. The van der Waals surface area contributed by atoms with Gasteiger partial charge in [-0.25, -0.2) is 9.67 Å². The normalized spacial score (nSPS) is 15.4. The lowest BCUT2D eigenvalue weighted by Crippen LogP contribution is -2.42. The van der Waals surface area contributed by atoms with Crippen LogP contribution < -0.4 is 10.2 Å². The number of rotatable bonds is 5. The number of piperidine rings is 1. The molecular formula is C20H23N5. The minimum Gasteiger partial charge on any atom is -0.371 e. The fourth-order valence-electron chi connectivity index (χ4n) is 3.40. The van der Waals surface area contributed by atoms with E-state index in [2.05, 4.69) is 56.7 Å². The fraction of sp³-hybridized carbons (Fsp3) is 0.300. The molecule has 5 heteroatoms. The molecule has 5 nitrogen and oxygen atoms in total. The Morgan fingerprint density at radius 2 is 1.80 bits per heavy atom. The second-order valence-corrected chi connectivity index (χ2v) is 6.41. The lowest BCUT2D eigenvalue weighted by molar-refractivity contribution is 0.413. The molecule has 1 aliphatic rings. The number of nitrogens with one attached hydrogen (secondary N) is 1. The van der Waals surface area contributed by atoms with E-state index in [9.17, 15) is 0 Å². The second kappa shape index (κ2) is 7.49. The lowest BCUT2D eigenvalue weighted by Gasteiger charge is -2.34. The molecule has 1 fully saturated rings. The standard InChI is InChI=1S/C20H23N5/c1-2-7-19(8-3-1)24-14-9-18(10-15-24)22-16-17-6-4-11-21-20(17)25-13-5-12-23-25/h1-8,11-13,18,22H,9-10,14-16H2. The van der Waals surface area contributed by atoms with Crippen LogP contribution in [0.25, 0.3) is 5.82 Å². The van der Waals surface area contributed by atoms with Gasteiger partial charge in [-0.05, 0) is 37.1 Å². The van der Waals surface area contributed by atoms with Crippen molar-refractivity contribution in [2.24, 2.45) is 0 Å². The average Bonchev–Trinajstić information content (AvgIpc) is 3.22. The van der Waals surface area contributed by atoms with Crippen molar-refractivity contribution in [1.82, 2.24) is 20.1 Å². The molecule has 0 radical (unpaired) electrons. The van der Waals surface area contributed by atoms with Crippen LogP contribution in [0.5, 0.6) is 0 Å². The molecule has 1 saturated heterocycles. The number of para-hydroxylation sites is 1. The van der Waals surface area contributed by atoms with E-state index in [1.165, 1.54) is 11.3 Å². The Balaban J connectivity index is 1.35. The molecule has 3 heterocycles. The van der Waals surface area contributed by atoms with Crippen LogP contribution in [0, 0.1) is 0 Å². The zero-order chi connectivity index (χ0) is 16.9. The maximum absolute atomic E-state index is 4.49. The Labute approximate surface area is 148 Å². The third kappa shape index (κ3) is 3.72. The summed E-state index contributed by atoms with van der Waals surface area (Å²) in [6, 6.07) is 17.3. The summed E-state index contributed by atoms with van der Waals surface area (Å²) in [6.07, 6.45) is 7.85. The smallest absolute Gasteiger partial charge is 0.157 e. The summed E-state index contributed by atoms with van der Waals surface area (Å²) in [5, 5.41) is 8.01. The van der Waals surface area contributed by atoms with Gasteiger partial charge in [-0.2, -0.15) is 5.10 Å². The van der Waals surface area contributed by atoms with E-state index in [1.807, 2.05) is 29.2 Å². The van der Waals surface area contributed by atoms with Gasteiger partial charge in [0.1, 0.15) is 0 Å². The Morgan fingerprint density at radius 3 is 2.56 bits per heavy atom. The highest BCUT2D eigenvalue weighted by Crippen LogP contribution is 2.20. The molecule has 0 bridgehead atoms. The zero-order valence-electron chi connectivity index (χ0n) is 14.3. The van der Waals surface area contributed by atoms with Crippen LogP contribution in [-0.4, -0.2) is 33.9 Å². The molecule has 1 aliphatic heterocycles. The van der Waals surface area contributed by atoms with E-state index in [0.717, 1.165) is 38.3 Å². The molecule has 128 valence electrons. The number of anilines is 1. The first-order valence-electron chi connectivity index (χ1n) is 8.87. The molecule has 0 amide bonds. The fourth-order valence-corrected chi connectivity index (χ4v) is 3.40. The van der Waals surface area contributed by atoms with Gasteiger partial charge in [0, 0.05) is 55.5 Å². The highest BCUT2D eigenvalue weighted by molar-refractivity contribution is 5.46. The first-order valence-corrected chi connectivity index (χ1v) is 8.87. The first kappa shape index (κ1) is 15.8. The maximum atomic E-state index is 4.49. The van der Waals surface area contributed by atoms with E-state index in [-0.39, 0.29) is 0 Å². The summed E-state index contributed by atoms with van der Waals surface area (Å²) in [5.74, 6) is 0.904. The summed E-state index contributed by atoms with van der Waals surface area (Å²) < 4.78 is 1.83. The van der Waals surface area contributed by atoms with Gasteiger partial charge in [-0.3, -0.25) is 0 Å². The summed E-state index contributed by atoms with van der Waals surface area (Å²) in [5.41, 5.74) is 2.51. The van der Waals surface area contributed by atoms with E-state index >= 15 is 0 Å². The van der Waals surface area contributed by atoms with Crippen molar-refractivity contribution in [2.45, 2.75) is 25.4 Å². The molecule has 1 N–H and O–H groups in total. The van der Waals surface area contributed by atoms with Gasteiger partial charge in [0.15, 0.2) is 5.82 Å². The minimum absolute atomic E-state index is 0.547. The van der Waals surface area contributed by atoms with Gasteiger partial charge in [-0.1, -0.05) is 24.3 Å². The Morgan fingerprint density at radius 1 is 0.960 bits per heavy atom.